The lowest BCUT2D eigenvalue weighted by atomic mass is 10.1. The molecule has 0 fully saturated rings. The highest BCUT2D eigenvalue weighted by Gasteiger charge is 2.35. The number of rotatable bonds is 3. The van der Waals surface area contributed by atoms with Crippen molar-refractivity contribution in [3.63, 3.8) is 0 Å². The van der Waals surface area contributed by atoms with Gasteiger partial charge in [0, 0.05) is 24.4 Å². The van der Waals surface area contributed by atoms with E-state index in [1.165, 1.54) is 7.11 Å². The molecule has 1 aromatic carbocycles. The average Bonchev–Trinajstić information content (AvgIpc) is 2.51. The van der Waals surface area contributed by atoms with Crippen LogP contribution >= 0.6 is 24.2 Å². The molecule has 0 aliphatic heterocycles. The van der Waals surface area contributed by atoms with Gasteiger partial charge in [0.1, 0.15) is 17.3 Å². The Balaban J connectivity index is 2.97. The molecule has 5 nitrogen and oxygen atoms in total. The summed E-state index contributed by atoms with van der Waals surface area (Å²) in [6.07, 6.45) is -4.92. The number of methoxy groups -OCH3 is 1. The predicted octanol–water partition coefficient (Wildman–Crippen LogP) is 2.79. The maximum Gasteiger partial charge on any atom is 0.431 e. The van der Waals surface area contributed by atoms with Gasteiger partial charge < -0.3 is 4.74 Å². The van der Waals surface area contributed by atoms with Crippen molar-refractivity contribution in [1.82, 2.24) is 9.13 Å². The normalized spacial score (nSPS) is 11.7. The molecule has 0 radical (unpaired) electrons. The van der Waals surface area contributed by atoms with E-state index in [4.69, 9.17) is 16.3 Å². The van der Waals surface area contributed by atoms with Gasteiger partial charge >= 0.3 is 11.9 Å². The smallest absolute Gasteiger partial charge is 0.431 e. The van der Waals surface area contributed by atoms with Crippen LogP contribution in [0.25, 0.3) is 5.69 Å². The molecule has 136 valence electrons. The molecule has 1 aromatic heterocycles. The van der Waals surface area contributed by atoms with E-state index in [-0.39, 0.29) is 37.3 Å². The molecule has 0 saturated heterocycles. The van der Waals surface area contributed by atoms with Crippen molar-refractivity contribution >= 4 is 24.2 Å². The third kappa shape index (κ3) is 3.28. The van der Waals surface area contributed by atoms with Crippen molar-refractivity contribution in [3.05, 3.63) is 55.1 Å². The summed E-state index contributed by atoms with van der Waals surface area (Å²) in [5.41, 5.74) is -4.77. The van der Waals surface area contributed by atoms with Gasteiger partial charge in [-0.3, -0.25) is 9.36 Å². The Morgan fingerprint density at radius 1 is 1.28 bits per heavy atom. The van der Waals surface area contributed by atoms with Crippen molar-refractivity contribution in [2.75, 3.05) is 7.11 Å². The highest BCUT2D eigenvalue weighted by molar-refractivity contribution is 7.79. The summed E-state index contributed by atoms with van der Waals surface area (Å²) in [5, 5.41) is -0.135. The maximum atomic E-state index is 14.4. The molecule has 2 rings (SSSR count). The highest BCUT2D eigenvalue weighted by atomic mass is 35.5. The molecule has 0 amide bonds. The number of aromatic nitrogens is 2. The molecular formula is C14H11ClF4N2O3S. The van der Waals surface area contributed by atoms with E-state index >= 15 is 0 Å². The van der Waals surface area contributed by atoms with Gasteiger partial charge in [-0.05, 0) is 6.07 Å². The van der Waals surface area contributed by atoms with Crippen LogP contribution in [0.1, 0.15) is 11.3 Å². The first-order valence-corrected chi connectivity index (χ1v) is 7.62. The fraction of sp³-hybridized carbons (Fsp3) is 0.286. The predicted molar refractivity (Wildman–Crippen MR) is 86.5 cm³/mol. The van der Waals surface area contributed by atoms with Gasteiger partial charge in [0.15, 0.2) is 0 Å². The van der Waals surface area contributed by atoms with Crippen LogP contribution in [-0.4, -0.2) is 16.2 Å². The first kappa shape index (κ1) is 19.4. The van der Waals surface area contributed by atoms with Gasteiger partial charge in [0.25, 0.3) is 5.56 Å². The lowest BCUT2D eigenvalue weighted by Gasteiger charge is -2.18. The summed E-state index contributed by atoms with van der Waals surface area (Å²) in [6.45, 7) is 0. The van der Waals surface area contributed by atoms with Gasteiger partial charge in [-0.1, -0.05) is 11.6 Å². The quantitative estimate of drug-likeness (QED) is 0.639. The second kappa shape index (κ2) is 6.75. The summed E-state index contributed by atoms with van der Waals surface area (Å²) < 4.78 is 58.7. The molecule has 25 heavy (non-hydrogen) atoms. The molecule has 0 aliphatic carbocycles. The molecule has 0 N–H and O–H groups in total. The molecule has 1 heterocycles. The molecular weight excluding hydrogens is 388 g/mol. The van der Waals surface area contributed by atoms with Gasteiger partial charge in [0.2, 0.25) is 0 Å². The second-order valence-corrected chi connectivity index (χ2v) is 5.62. The zero-order valence-electron chi connectivity index (χ0n) is 12.8. The van der Waals surface area contributed by atoms with E-state index in [1.807, 2.05) is 0 Å². The molecule has 0 atom stereocenters. The topological polar surface area (TPSA) is 53.2 Å². The van der Waals surface area contributed by atoms with Crippen molar-refractivity contribution in [1.29, 1.82) is 0 Å². The van der Waals surface area contributed by atoms with Crippen LogP contribution in [0.4, 0.5) is 17.6 Å². The van der Waals surface area contributed by atoms with Crippen molar-refractivity contribution in [3.8, 4) is 11.4 Å². The minimum Gasteiger partial charge on any atom is -0.495 e. The second-order valence-electron chi connectivity index (χ2n) is 4.90. The Hall–Kier alpha value is -1.94. The zero-order chi connectivity index (χ0) is 19.1. The standard InChI is InChI=1S/C14H11ClF4N2O3S/c1-20-9(14(17,18)19)4-10(22)21(13(20)23)11-6(5-25)12(24-2)7(15)3-8(11)16/h3-4,25H,5H2,1-2H3. The highest BCUT2D eigenvalue weighted by Crippen LogP contribution is 2.35. The molecule has 0 bridgehead atoms. The molecule has 0 unspecified atom stereocenters. The SMILES string of the molecule is COc1c(Cl)cc(F)c(-n2c(=O)cc(C(F)(F)F)n(C)c2=O)c1CS. The maximum absolute atomic E-state index is 14.4. The van der Waals surface area contributed by atoms with E-state index in [0.717, 1.165) is 13.1 Å². The minimum absolute atomic E-state index is 0.0399. The Kier molecular flexibility index (Phi) is 5.24. The van der Waals surface area contributed by atoms with Crippen LogP contribution in [0, 0.1) is 5.82 Å². The Labute approximate surface area is 148 Å². The molecule has 0 saturated carbocycles. The monoisotopic (exact) mass is 398 g/mol. The summed E-state index contributed by atoms with van der Waals surface area (Å²) >= 11 is 9.85. The minimum atomic E-state index is -4.92. The molecule has 0 spiro atoms. The Morgan fingerprint density at radius 2 is 1.88 bits per heavy atom. The lowest BCUT2D eigenvalue weighted by Crippen LogP contribution is -2.41. The van der Waals surface area contributed by atoms with E-state index in [9.17, 15) is 27.2 Å². The number of halogens is 5. The van der Waals surface area contributed by atoms with Crippen LogP contribution in [0.3, 0.4) is 0 Å². The number of benzene rings is 1. The zero-order valence-corrected chi connectivity index (χ0v) is 14.5. The summed E-state index contributed by atoms with van der Waals surface area (Å²) in [4.78, 5) is 24.5. The van der Waals surface area contributed by atoms with E-state index in [1.54, 1.807) is 0 Å². The average molecular weight is 399 g/mol. The van der Waals surface area contributed by atoms with Crippen LogP contribution < -0.4 is 16.0 Å². The third-order valence-corrected chi connectivity index (χ3v) is 4.05. The van der Waals surface area contributed by atoms with Crippen molar-refractivity contribution < 1.29 is 22.3 Å². The van der Waals surface area contributed by atoms with E-state index in [0.29, 0.717) is 0 Å². The largest absolute Gasteiger partial charge is 0.495 e. The van der Waals surface area contributed by atoms with Crippen LogP contribution in [0.2, 0.25) is 5.02 Å². The van der Waals surface area contributed by atoms with Crippen LogP contribution in [0.5, 0.6) is 5.75 Å². The summed E-state index contributed by atoms with van der Waals surface area (Å²) in [6, 6.07) is 1.01. The first-order chi connectivity index (χ1) is 11.5. The van der Waals surface area contributed by atoms with Gasteiger partial charge in [-0.2, -0.15) is 25.8 Å². The fourth-order valence-electron chi connectivity index (χ4n) is 2.35. The fourth-order valence-corrected chi connectivity index (χ4v) is 2.93. The van der Waals surface area contributed by atoms with Gasteiger partial charge in [-0.25, -0.2) is 13.8 Å². The number of ether oxygens (including phenoxy) is 1. The molecule has 0 aliphatic rings. The van der Waals surface area contributed by atoms with Crippen LogP contribution in [-0.2, 0) is 19.0 Å². The number of hydrogen-bond donors (Lipinski definition) is 1. The number of alkyl halides is 3. The summed E-state index contributed by atoms with van der Waals surface area (Å²) in [7, 11) is 2.05. The van der Waals surface area contributed by atoms with Crippen LogP contribution in [0.15, 0.2) is 21.7 Å². The lowest BCUT2D eigenvalue weighted by molar-refractivity contribution is -0.144. The summed E-state index contributed by atoms with van der Waals surface area (Å²) in [5.74, 6) is -1.30. The van der Waals surface area contributed by atoms with Crippen molar-refractivity contribution in [2.24, 2.45) is 7.05 Å². The number of hydrogen-bond acceptors (Lipinski definition) is 4. The van der Waals surface area contributed by atoms with E-state index in [2.05, 4.69) is 12.6 Å². The first-order valence-electron chi connectivity index (χ1n) is 6.61. The Bertz CT molecular complexity index is 953. The van der Waals surface area contributed by atoms with Crippen molar-refractivity contribution in [2.45, 2.75) is 11.9 Å². The molecule has 11 heteroatoms. The van der Waals surface area contributed by atoms with E-state index < -0.39 is 34.6 Å². The number of thiol groups is 1. The van der Waals surface area contributed by atoms with Gasteiger partial charge in [-0.15, -0.1) is 0 Å². The number of nitrogens with zero attached hydrogens (tertiary/aromatic N) is 2. The molecule has 2 aromatic rings. The van der Waals surface area contributed by atoms with Gasteiger partial charge in [0.05, 0.1) is 17.8 Å². The Morgan fingerprint density at radius 3 is 2.36 bits per heavy atom. The third-order valence-electron chi connectivity index (χ3n) is 3.45.